The minimum Gasteiger partial charge on any atom is -0.377 e. The van der Waals surface area contributed by atoms with Crippen LogP contribution >= 0.6 is 11.8 Å². The Bertz CT molecular complexity index is 671. The second-order valence-corrected chi connectivity index (χ2v) is 7.40. The fourth-order valence-electron chi connectivity index (χ4n) is 3.01. The van der Waals surface area contributed by atoms with E-state index in [1.807, 2.05) is 11.8 Å². The summed E-state index contributed by atoms with van der Waals surface area (Å²) in [6, 6.07) is 2.03. The van der Waals surface area contributed by atoms with Crippen molar-refractivity contribution in [2.75, 3.05) is 49.7 Å². The highest BCUT2D eigenvalue weighted by Gasteiger charge is 2.31. The zero-order valence-corrected chi connectivity index (χ0v) is 15.1. The first-order valence-electron chi connectivity index (χ1n) is 8.50. The van der Waals surface area contributed by atoms with Gasteiger partial charge in [0.25, 0.3) is 0 Å². The lowest BCUT2D eigenvalue weighted by molar-refractivity contribution is -0.133. The Labute approximate surface area is 154 Å². The molecule has 0 aromatic heterocycles. The minimum atomic E-state index is -0.843. The highest BCUT2D eigenvalue weighted by atomic mass is 32.2. The van der Waals surface area contributed by atoms with Gasteiger partial charge < -0.3 is 19.9 Å². The Hall–Kier alpha value is -1.87. The van der Waals surface area contributed by atoms with Crippen LogP contribution < -0.4 is 5.32 Å². The SMILES string of the molecule is O=C(C[C@H]1COCCN1C(=O)Nc1ccc(F)cc1F)N1CCSCC1. The van der Waals surface area contributed by atoms with E-state index in [2.05, 4.69) is 5.32 Å². The van der Waals surface area contributed by atoms with Gasteiger partial charge in [0.05, 0.1) is 24.9 Å². The summed E-state index contributed by atoms with van der Waals surface area (Å²) in [4.78, 5) is 28.3. The number of nitrogens with one attached hydrogen (secondary N) is 1. The van der Waals surface area contributed by atoms with E-state index in [-0.39, 0.29) is 24.6 Å². The molecule has 1 aromatic rings. The van der Waals surface area contributed by atoms with E-state index in [0.29, 0.717) is 32.3 Å². The first kappa shape index (κ1) is 18.9. The van der Waals surface area contributed by atoms with Crippen molar-refractivity contribution in [3.05, 3.63) is 29.8 Å². The maximum atomic E-state index is 13.8. The number of carbonyl (C=O) groups is 2. The maximum absolute atomic E-state index is 13.8. The van der Waals surface area contributed by atoms with E-state index in [1.165, 1.54) is 11.0 Å². The second kappa shape index (κ2) is 8.68. The van der Waals surface area contributed by atoms with Crippen LogP contribution in [0.3, 0.4) is 0 Å². The second-order valence-electron chi connectivity index (χ2n) is 6.17. The number of hydrogen-bond donors (Lipinski definition) is 1. The van der Waals surface area contributed by atoms with Gasteiger partial charge in [0, 0.05) is 43.6 Å². The molecule has 2 fully saturated rings. The lowest BCUT2D eigenvalue weighted by Crippen LogP contribution is -2.52. The monoisotopic (exact) mass is 385 g/mol. The summed E-state index contributed by atoms with van der Waals surface area (Å²) in [5.74, 6) is 0.272. The molecule has 2 heterocycles. The molecular weight excluding hydrogens is 364 g/mol. The molecule has 9 heteroatoms. The van der Waals surface area contributed by atoms with Crippen molar-refractivity contribution >= 4 is 29.4 Å². The molecule has 2 saturated heterocycles. The maximum Gasteiger partial charge on any atom is 0.322 e. The van der Waals surface area contributed by atoms with E-state index in [4.69, 9.17) is 4.74 Å². The van der Waals surface area contributed by atoms with Crippen LogP contribution in [0, 0.1) is 11.6 Å². The Morgan fingerprint density at radius 1 is 1.23 bits per heavy atom. The van der Waals surface area contributed by atoms with Crippen LogP contribution in [0.4, 0.5) is 19.3 Å². The zero-order valence-electron chi connectivity index (χ0n) is 14.2. The third-order valence-electron chi connectivity index (χ3n) is 4.44. The van der Waals surface area contributed by atoms with Crippen LogP contribution in [0.15, 0.2) is 18.2 Å². The summed E-state index contributed by atoms with van der Waals surface area (Å²) in [7, 11) is 0. The smallest absolute Gasteiger partial charge is 0.322 e. The first-order valence-corrected chi connectivity index (χ1v) is 9.66. The summed E-state index contributed by atoms with van der Waals surface area (Å²) in [6.45, 7) is 2.34. The molecule has 0 saturated carbocycles. The predicted molar refractivity (Wildman–Crippen MR) is 95.2 cm³/mol. The molecule has 0 spiro atoms. The van der Waals surface area contributed by atoms with Gasteiger partial charge in [0.2, 0.25) is 5.91 Å². The summed E-state index contributed by atoms with van der Waals surface area (Å²) >= 11 is 1.82. The highest BCUT2D eigenvalue weighted by Crippen LogP contribution is 2.19. The number of hydrogen-bond acceptors (Lipinski definition) is 4. The molecule has 0 unspecified atom stereocenters. The standard InChI is InChI=1S/C17H21F2N3O3S/c18-12-1-2-15(14(19)9-12)20-17(24)22-3-6-25-11-13(22)10-16(23)21-4-7-26-8-5-21/h1-2,9,13H,3-8,10-11H2,(H,20,24)/t13-/m0/s1. The lowest BCUT2D eigenvalue weighted by atomic mass is 10.1. The average molecular weight is 385 g/mol. The van der Waals surface area contributed by atoms with Crippen LogP contribution in [-0.4, -0.2) is 72.1 Å². The minimum absolute atomic E-state index is 0.00781. The van der Waals surface area contributed by atoms with Crippen molar-refractivity contribution in [2.45, 2.75) is 12.5 Å². The van der Waals surface area contributed by atoms with Gasteiger partial charge in [-0.3, -0.25) is 4.79 Å². The fraction of sp³-hybridized carbons (Fsp3) is 0.529. The quantitative estimate of drug-likeness (QED) is 0.866. The Balaban J connectivity index is 1.63. The molecule has 1 atom stereocenters. The number of thioether (sulfide) groups is 1. The van der Waals surface area contributed by atoms with Gasteiger partial charge in [-0.1, -0.05) is 0 Å². The number of rotatable bonds is 3. The molecule has 1 aromatic carbocycles. The molecular formula is C17H21F2N3O3S. The number of nitrogens with zero attached hydrogens (tertiary/aromatic N) is 2. The predicted octanol–water partition coefficient (Wildman–Crippen LogP) is 2.16. The number of amides is 3. The molecule has 26 heavy (non-hydrogen) atoms. The summed E-state index contributed by atoms with van der Waals surface area (Å²) < 4.78 is 32.2. The van der Waals surface area contributed by atoms with E-state index in [1.54, 1.807) is 4.90 Å². The third-order valence-corrected chi connectivity index (χ3v) is 5.38. The number of carbonyl (C=O) groups excluding carboxylic acids is 2. The van der Waals surface area contributed by atoms with Gasteiger partial charge in [-0.05, 0) is 12.1 Å². The van der Waals surface area contributed by atoms with Gasteiger partial charge in [0.15, 0.2) is 0 Å². The van der Waals surface area contributed by atoms with Crippen molar-refractivity contribution in [3.8, 4) is 0 Å². The van der Waals surface area contributed by atoms with Crippen molar-refractivity contribution in [2.24, 2.45) is 0 Å². The van der Waals surface area contributed by atoms with Gasteiger partial charge in [-0.2, -0.15) is 11.8 Å². The van der Waals surface area contributed by atoms with Crippen molar-refractivity contribution in [1.82, 2.24) is 9.80 Å². The molecule has 2 aliphatic heterocycles. The molecule has 142 valence electrons. The number of anilines is 1. The van der Waals surface area contributed by atoms with Gasteiger partial charge in [-0.25, -0.2) is 13.6 Å². The number of ether oxygens (including phenoxy) is 1. The lowest BCUT2D eigenvalue weighted by Gasteiger charge is -2.36. The Morgan fingerprint density at radius 2 is 2.00 bits per heavy atom. The molecule has 6 nitrogen and oxygen atoms in total. The number of morpholine rings is 1. The third kappa shape index (κ3) is 4.64. The summed E-state index contributed by atoms with van der Waals surface area (Å²) in [5.41, 5.74) is -0.0963. The van der Waals surface area contributed by atoms with Gasteiger partial charge >= 0.3 is 6.03 Å². The number of benzene rings is 1. The van der Waals surface area contributed by atoms with E-state index >= 15 is 0 Å². The van der Waals surface area contributed by atoms with Crippen molar-refractivity contribution < 1.29 is 23.1 Å². The topological polar surface area (TPSA) is 61.9 Å². The van der Waals surface area contributed by atoms with Crippen LogP contribution in [0.2, 0.25) is 0 Å². The molecule has 0 bridgehead atoms. The first-order chi connectivity index (χ1) is 12.5. The summed E-state index contributed by atoms with van der Waals surface area (Å²) in [6.07, 6.45) is 0.171. The van der Waals surface area contributed by atoms with E-state index < -0.39 is 23.7 Å². The zero-order chi connectivity index (χ0) is 18.5. The molecule has 1 N–H and O–H groups in total. The highest BCUT2D eigenvalue weighted by molar-refractivity contribution is 7.99. The van der Waals surface area contributed by atoms with Crippen LogP contribution in [0.5, 0.6) is 0 Å². The fourth-order valence-corrected chi connectivity index (χ4v) is 3.92. The molecule has 2 aliphatic rings. The van der Waals surface area contributed by atoms with Gasteiger partial charge in [0.1, 0.15) is 11.6 Å². The van der Waals surface area contributed by atoms with Crippen molar-refractivity contribution in [1.29, 1.82) is 0 Å². The molecule has 3 rings (SSSR count). The summed E-state index contributed by atoms with van der Waals surface area (Å²) in [5, 5.41) is 2.45. The Kier molecular flexibility index (Phi) is 6.31. The normalized spacial score (nSPS) is 20.8. The van der Waals surface area contributed by atoms with Crippen LogP contribution in [0.25, 0.3) is 0 Å². The molecule has 3 amide bonds. The van der Waals surface area contributed by atoms with E-state index in [0.717, 1.165) is 17.6 Å². The number of urea groups is 1. The van der Waals surface area contributed by atoms with Gasteiger partial charge in [-0.15, -0.1) is 0 Å². The largest absolute Gasteiger partial charge is 0.377 e. The average Bonchev–Trinajstić information content (AvgIpc) is 2.65. The van der Waals surface area contributed by atoms with Crippen molar-refractivity contribution in [3.63, 3.8) is 0 Å². The molecule has 0 aliphatic carbocycles. The van der Waals surface area contributed by atoms with Crippen LogP contribution in [0.1, 0.15) is 6.42 Å². The van der Waals surface area contributed by atoms with Crippen LogP contribution in [-0.2, 0) is 9.53 Å². The molecule has 0 radical (unpaired) electrons. The van der Waals surface area contributed by atoms with E-state index in [9.17, 15) is 18.4 Å². The Morgan fingerprint density at radius 3 is 2.73 bits per heavy atom. The number of halogens is 2.